The van der Waals surface area contributed by atoms with Crippen molar-refractivity contribution in [2.24, 2.45) is 5.10 Å². The topological polar surface area (TPSA) is 81.9 Å². The van der Waals surface area contributed by atoms with Crippen LogP contribution in [-0.2, 0) is 11.2 Å². The molecular weight excluding hydrogens is 416 g/mol. The number of benzene rings is 2. The SMILES string of the molecule is O=C(Cc1ccccc1)NN=Cc1cc(Br)c(O)c(Br)c1O. The molecule has 5 nitrogen and oxygen atoms in total. The standard InChI is InChI=1S/C15H12Br2N2O3/c16-11-7-10(14(21)13(17)15(11)22)8-18-19-12(20)6-9-4-2-1-3-5-9/h1-5,7-8,21-22H,6H2,(H,19,20). The monoisotopic (exact) mass is 426 g/mol. The van der Waals surface area contributed by atoms with Crippen molar-refractivity contribution in [1.82, 2.24) is 5.43 Å². The summed E-state index contributed by atoms with van der Waals surface area (Å²) in [5.41, 5.74) is 3.61. The van der Waals surface area contributed by atoms with Crippen molar-refractivity contribution in [3.63, 3.8) is 0 Å². The lowest BCUT2D eigenvalue weighted by Crippen LogP contribution is -2.19. The third kappa shape index (κ3) is 4.08. The number of phenolic OH excluding ortho intramolecular Hbond substituents is 2. The van der Waals surface area contributed by atoms with E-state index in [1.807, 2.05) is 30.3 Å². The molecule has 0 heterocycles. The van der Waals surface area contributed by atoms with Gasteiger partial charge in [-0.1, -0.05) is 30.3 Å². The van der Waals surface area contributed by atoms with Gasteiger partial charge in [-0.15, -0.1) is 0 Å². The minimum Gasteiger partial charge on any atom is -0.506 e. The van der Waals surface area contributed by atoms with Gasteiger partial charge in [-0.05, 0) is 43.5 Å². The van der Waals surface area contributed by atoms with E-state index in [0.29, 0.717) is 10.0 Å². The lowest BCUT2D eigenvalue weighted by atomic mass is 10.1. The van der Waals surface area contributed by atoms with Gasteiger partial charge >= 0.3 is 0 Å². The zero-order valence-corrected chi connectivity index (χ0v) is 14.4. The van der Waals surface area contributed by atoms with Gasteiger partial charge in [0.2, 0.25) is 5.91 Å². The molecule has 0 fully saturated rings. The van der Waals surface area contributed by atoms with Crippen molar-refractivity contribution in [3.8, 4) is 11.5 Å². The van der Waals surface area contributed by atoms with Crippen LogP contribution in [0, 0.1) is 0 Å². The third-order valence-electron chi connectivity index (χ3n) is 2.80. The third-order valence-corrected chi connectivity index (χ3v) is 4.15. The average molecular weight is 428 g/mol. The van der Waals surface area contributed by atoms with Gasteiger partial charge in [0.1, 0.15) is 16.0 Å². The smallest absolute Gasteiger partial charge is 0.244 e. The highest BCUT2D eigenvalue weighted by Gasteiger charge is 2.12. The number of carbonyl (C=O) groups excluding carboxylic acids is 1. The number of phenols is 2. The quantitative estimate of drug-likeness (QED) is 0.517. The van der Waals surface area contributed by atoms with Crippen molar-refractivity contribution in [3.05, 3.63) is 56.5 Å². The van der Waals surface area contributed by atoms with Crippen LogP contribution in [0.1, 0.15) is 11.1 Å². The predicted octanol–water partition coefficient (Wildman–Crippen LogP) is 3.32. The van der Waals surface area contributed by atoms with Crippen LogP contribution in [0.25, 0.3) is 0 Å². The fourth-order valence-corrected chi connectivity index (χ4v) is 2.86. The number of hydrogen-bond acceptors (Lipinski definition) is 4. The van der Waals surface area contributed by atoms with Gasteiger partial charge < -0.3 is 10.2 Å². The maximum absolute atomic E-state index is 11.7. The molecule has 22 heavy (non-hydrogen) atoms. The lowest BCUT2D eigenvalue weighted by Gasteiger charge is -2.06. The summed E-state index contributed by atoms with van der Waals surface area (Å²) in [4.78, 5) is 11.7. The Hall–Kier alpha value is -1.86. The Labute approximate surface area is 143 Å². The van der Waals surface area contributed by atoms with Crippen molar-refractivity contribution in [2.45, 2.75) is 6.42 Å². The summed E-state index contributed by atoms with van der Waals surface area (Å²) < 4.78 is 0.549. The Morgan fingerprint density at radius 2 is 1.86 bits per heavy atom. The first-order valence-corrected chi connectivity index (χ1v) is 7.83. The molecule has 0 bridgehead atoms. The summed E-state index contributed by atoms with van der Waals surface area (Å²) in [7, 11) is 0. The van der Waals surface area contributed by atoms with E-state index >= 15 is 0 Å². The molecule has 0 aliphatic heterocycles. The number of nitrogens with one attached hydrogen (secondary N) is 1. The molecule has 2 aromatic carbocycles. The van der Waals surface area contributed by atoms with Crippen LogP contribution in [0.2, 0.25) is 0 Å². The molecule has 2 rings (SSSR count). The molecule has 0 radical (unpaired) electrons. The number of nitrogens with zero attached hydrogens (tertiary/aromatic N) is 1. The average Bonchev–Trinajstić information content (AvgIpc) is 2.51. The van der Waals surface area contributed by atoms with Crippen LogP contribution in [0.3, 0.4) is 0 Å². The maximum atomic E-state index is 11.7. The number of carbonyl (C=O) groups is 1. The molecule has 2 aromatic rings. The van der Waals surface area contributed by atoms with E-state index in [-0.39, 0.29) is 28.3 Å². The molecule has 7 heteroatoms. The van der Waals surface area contributed by atoms with Gasteiger partial charge in [-0.3, -0.25) is 4.79 Å². The zero-order chi connectivity index (χ0) is 16.1. The van der Waals surface area contributed by atoms with Crippen molar-refractivity contribution < 1.29 is 15.0 Å². The second-order valence-electron chi connectivity index (χ2n) is 4.41. The molecule has 0 saturated heterocycles. The molecule has 3 N–H and O–H groups in total. The fourth-order valence-electron chi connectivity index (χ4n) is 1.71. The van der Waals surface area contributed by atoms with Gasteiger partial charge in [-0.2, -0.15) is 5.10 Å². The first-order valence-electron chi connectivity index (χ1n) is 6.24. The molecule has 0 aliphatic rings. The molecule has 0 aliphatic carbocycles. The van der Waals surface area contributed by atoms with Crippen LogP contribution in [0.4, 0.5) is 0 Å². The molecule has 114 valence electrons. The summed E-state index contributed by atoms with van der Waals surface area (Å²) in [6.07, 6.45) is 1.51. The number of hydrogen-bond donors (Lipinski definition) is 3. The first-order chi connectivity index (χ1) is 10.5. The van der Waals surface area contributed by atoms with E-state index in [2.05, 4.69) is 42.4 Å². The zero-order valence-electron chi connectivity index (χ0n) is 11.3. The summed E-state index contributed by atoms with van der Waals surface area (Å²) in [6.45, 7) is 0. The summed E-state index contributed by atoms with van der Waals surface area (Å²) >= 11 is 6.22. The van der Waals surface area contributed by atoms with Crippen LogP contribution in [0.15, 0.2) is 50.4 Å². The molecule has 0 atom stereocenters. The van der Waals surface area contributed by atoms with Crippen LogP contribution in [0.5, 0.6) is 11.5 Å². The number of aromatic hydroxyl groups is 2. The van der Waals surface area contributed by atoms with Crippen molar-refractivity contribution in [1.29, 1.82) is 0 Å². The Bertz CT molecular complexity index is 718. The Kier molecular flexibility index (Phi) is 5.57. The van der Waals surface area contributed by atoms with E-state index in [1.165, 1.54) is 12.3 Å². The first kappa shape index (κ1) is 16.5. The van der Waals surface area contributed by atoms with Crippen LogP contribution in [-0.4, -0.2) is 22.3 Å². The van der Waals surface area contributed by atoms with E-state index in [0.717, 1.165) is 5.56 Å². The normalized spacial score (nSPS) is 10.8. The van der Waals surface area contributed by atoms with Gasteiger partial charge in [0.25, 0.3) is 0 Å². The number of halogens is 2. The van der Waals surface area contributed by atoms with Gasteiger partial charge in [-0.25, -0.2) is 5.43 Å². The molecule has 0 unspecified atom stereocenters. The largest absolute Gasteiger partial charge is 0.506 e. The predicted molar refractivity (Wildman–Crippen MR) is 91.1 cm³/mol. The van der Waals surface area contributed by atoms with Crippen LogP contribution < -0.4 is 5.43 Å². The van der Waals surface area contributed by atoms with Crippen molar-refractivity contribution in [2.75, 3.05) is 0 Å². The summed E-state index contributed by atoms with van der Waals surface area (Å²) in [5, 5.41) is 23.3. The molecule has 1 amide bonds. The van der Waals surface area contributed by atoms with Gasteiger partial charge in [0, 0.05) is 5.56 Å². The molecular formula is C15H12Br2N2O3. The molecule has 0 spiro atoms. The second kappa shape index (κ2) is 7.42. The minimum absolute atomic E-state index is 0.109. The number of amides is 1. The summed E-state index contributed by atoms with van der Waals surface area (Å²) in [5.74, 6) is -0.539. The molecule has 0 aromatic heterocycles. The van der Waals surface area contributed by atoms with Gasteiger partial charge in [0.05, 0.1) is 17.1 Å². The fraction of sp³-hybridized carbons (Fsp3) is 0.0667. The van der Waals surface area contributed by atoms with Gasteiger partial charge in [0.15, 0.2) is 0 Å². The minimum atomic E-state index is -0.265. The second-order valence-corrected chi connectivity index (χ2v) is 6.06. The Morgan fingerprint density at radius 1 is 1.18 bits per heavy atom. The van der Waals surface area contributed by atoms with E-state index < -0.39 is 0 Å². The number of rotatable bonds is 4. The highest BCUT2D eigenvalue weighted by molar-refractivity contribution is 9.11. The van der Waals surface area contributed by atoms with Crippen LogP contribution >= 0.6 is 31.9 Å². The Morgan fingerprint density at radius 3 is 2.55 bits per heavy atom. The molecule has 0 saturated carbocycles. The van der Waals surface area contributed by atoms with E-state index in [4.69, 9.17) is 0 Å². The number of hydrazone groups is 1. The highest BCUT2D eigenvalue weighted by Crippen LogP contribution is 2.40. The Balaban J connectivity index is 2.03. The van der Waals surface area contributed by atoms with E-state index in [1.54, 1.807) is 0 Å². The van der Waals surface area contributed by atoms with Crippen molar-refractivity contribution >= 4 is 44.0 Å². The summed E-state index contributed by atoms with van der Waals surface area (Å²) in [6, 6.07) is 10.8. The lowest BCUT2D eigenvalue weighted by molar-refractivity contribution is -0.120. The van der Waals surface area contributed by atoms with E-state index in [9.17, 15) is 15.0 Å². The highest BCUT2D eigenvalue weighted by atomic mass is 79.9. The maximum Gasteiger partial charge on any atom is 0.244 e.